The number of piperazine rings is 1. The van der Waals surface area contributed by atoms with Gasteiger partial charge in [-0.15, -0.1) is 0 Å². The number of nitro benzene ring substituents is 1. The number of hydrogen-bond donors (Lipinski definition) is 1. The molecular formula is C14H19N3O4. The van der Waals surface area contributed by atoms with E-state index in [1.54, 1.807) is 17.0 Å². The topological polar surface area (TPSA) is 84.7 Å². The van der Waals surface area contributed by atoms with Gasteiger partial charge in [0.1, 0.15) is 6.61 Å². The van der Waals surface area contributed by atoms with Gasteiger partial charge in [0.05, 0.1) is 4.92 Å². The summed E-state index contributed by atoms with van der Waals surface area (Å²) in [6, 6.07) is 6.32. The number of rotatable bonds is 3. The Morgan fingerprint density at radius 2 is 2.10 bits per heavy atom. The molecule has 2 rings (SSSR count). The molecular weight excluding hydrogens is 274 g/mol. The number of hydrogen-bond acceptors (Lipinski definition) is 5. The molecule has 0 aromatic heterocycles. The van der Waals surface area contributed by atoms with E-state index < -0.39 is 4.92 Å². The van der Waals surface area contributed by atoms with Gasteiger partial charge in [0, 0.05) is 37.3 Å². The average molecular weight is 293 g/mol. The van der Waals surface area contributed by atoms with Gasteiger partial charge in [-0.25, -0.2) is 4.79 Å². The van der Waals surface area contributed by atoms with E-state index in [2.05, 4.69) is 5.32 Å². The molecule has 0 unspecified atom stereocenters. The molecule has 0 radical (unpaired) electrons. The fraction of sp³-hybridized carbons (Fsp3) is 0.500. The Morgan fingerprint density at radius 3 is 2.71 bits per heavy atom. The van der Waals surface area contributed by atoms with Gasteiger partial charge in [0.25, 0.3) is 5.69 Å². The second-order valence-corrected chi connectivity index (χ2v) is 5.29. The Hall–Kier alpha value is -2.15. The molecule has 0 bridgehead atoms. The molecule has 0 aliphatic carbocycles. The number of benzene rings is 1. The number of carbonyl (C=O) groups is 1. The predicted octanol–water partition coefficient (Wildman–Crippen LogP) is 1.91. The van der Waals surface area contributed by atoms with E-state index in [-0.39, 0.29) is 30.5 Å². The maximum atomic E-state index is 12.1. The number of nitrogens with one attached hydrogen (secondary N) is 1. The molecule has 0 spiro atoms. The predicted molar refractivity (Wildman–Crippen MR) is 76.9 cm³/mol. The summed E-state index contributed by atoms with van der Waals surface area (Å²) in [5.41, 5.74) is 0.749. The van der Waals surface area contributed by atoms with Gasteiger partial charge >= 0.3 is 6.09 Å². The summed E-state index contributed by atoms with van der Waals surface area (Å²) in [6.45, 7) is 5.45. The monoisotopic (exact) mass is 293 g/mol. The lowest BCUT2D eigenvalue weighted by atomic mass is 10.1. The van der Waals surface area contributed by atoms with Crippen LogP contribution in [0.5, 0.6) is 0 Å². The van der Waals surface area contributed by atoms with Crippen LogP contribution in [0, 0.1) is 10.1 Å². The van der Waals surface area contributed by atoms with Gasteiger partial charge in [-0.3, -0.25) is 10.1 Å². The van der Waals surface area contributed by atoms with E-state index in [4.69, 9.17) is 4.74 Å². The van der Waals surface area contributed by atoms with Crippen LogP contribution < -0.4 is 5.32 Å². The van der Waals surface area contributed by atoms with E-state index in [9.17, 15) is 14.9 Å². The van der Waals surface area contributed by atoms with Crippen LogP contribution in [0.15, 0.2) is 24.3 Å². The van der Waals surface area contributed by atoms with E-state index >= 15 is 0 Å². The molecule has 2 atom stereocenters. The third kappa shape index (κ3) is 3.91. The maximum absolute atomic E-state index is 12.1. The molecule has 1 heterocycles. The maximum Gasteiger partial charge on any atom is 0.410 e. The van der Waals surface area contributed by atoms with Crippen LogP contribution in [-0.2, 0) is 11.3 Å². The minimum Gasteiger partial charge on any atom is -0.445 e. The smallest absolute Gasteiger partial charge is 0.410 e. The Labute approximate surface area is 123 Å². The van der Waals surface area contributed by atoms with Crippen LogP contribution in [0.25, 0.3) is 0 Å². The van der Waals surface area contributed by atoms with Crippen LogP contribution in [0.3, 0.4) is 0 Å². The standard InChI is InChI=1S/C14H19N3O4/c1-10-8-16(11(2)7-15-10)14(18)21-9-12-3-5-13(6-4-12)17(19)20/h3-6,10-11,15H,7-9H2,1-2H3/t10-,11+/m0/s1. The molecule has 114 valence electrons. The van der Waals surface area contributed by atoms with Crippen LogP contribution in [0.2, 0.25) is 0 Å². The molecule has 1 aliphatic rings. The number of carbonyl (C=O) groups excluding carboxylic acids is 1. The fourth-order valence-corrected chi connectivity index (χ4v) is 2.22. The Kier molecular flexibility index (Phi) is 4.74. The Bertz CT molecular complexity index is 517. The fourth-order valence-electron chi connectivity index (χ4n) is 2.22. The number of amides is 1. The van der Waals surface area contributed by atoms with Crippen molar-refractivity contribution in [3.05, 3.63) is 39.9 Å². The van der Waals surface area contributed by atoms with Gasteiger partial charge in [-0.1, -0.05) is 0 Å². The van der Waals surface area contributed by atoms with E-state index in [0.717, 1.165) is 12.1 Å². The summed E-state index contributed by atoms with van der Waals surface area (Å²) in [5.74, 6) is 0. The van der Waals surface area contributed by atoms with Gasteiger partial charge in [-0.05, 0) is 31.5 Å². The highest BCUT2D eigenvalue weighted by Crippen LogP contribution is 2.14. The molecule has 1 aliphatic heterocycles. The molecule has 1 amide bonds. The SMILES string of the molecule is C[C@@H]1CN[C@@H](C)CN1C(=O)OCc1ccc([N+](=O)[O-])cc1. The van der Waals surface area contributed by atoms with Crippen molar-refractivity contribution in [1.29, 1.82) is 0 Å². The Morgan fingerprint density at radius 1 is 1.43 bits per heavy atom. The zero-order chi connectivity index (χ0) is 15.4. The molecule has 7 heteroatoms. The molecule has 0 saturated carbocycles. The first-order valence-electron chi connectivity index (χ1n) is 6.87. The van der Waals surface area contributed by atoms with Crippen LogP contribution >= 0.6 is 0 Å². The lowest BCUT2D eigenvalue weighted by molar-refractivity contribution is -0.384. The zero-order valence-electron chi connectivity index (χ0n) is 12.1. The molecule has 1 N–H and O–H groups in total. The van der Waals surface area contributed by atoms with Crippen LogP contribution in [0.1, 0.15) is 19.4 Å². The van der Waals surface area contributed by atoms with Crippen molar-refractivity contribution in [3.63, 3.8) is 0 Å². The summed E-state index contributed by atoms with van der Waals surface area (Å²) in [4.78, 5) is 23.9. The van der Waals surface area contributed by atoms with Gasteiger partial charge in [-0.2, -0.15) is 0 Å². The van der Waals surface area contributed by atoms with Crippen molar-refractivity contribution in [2.75, 3.05) is 13.1 Å². The second kappa shape index (κ2) is 6.53. The first kappa shape index (κ1) is 15.2. The molecule has 1 aromatic carbocycles. The zero-order valence-corrected chi connectivity index (χ0v) is 12.1. The van der Waals surface area contributed by atoms with E-state index in [1.807, 2.05) is 13.8 Å². The second-order valence-electron chi connectivity index (χ2n) is 5.29. The lowest BCUT2D eigenvalue weighted by Gasteiger charge is -2.36. The van der Waals surface area contributed by atoms with Crippen molar-refractivity contribution in [2.45, 2.75) is 32.5 Å². The highest BCUT2D eigenvalue weighted by molar-refractivity contribution is 5.68. The largest absolute Gasteiger partial charge is 0.445 e. The van der Waals surface area contributed by atoms with Crippen molar-refractivity contribution >= 4 is 11.8 Å². The average Bonchev–Trinajstić information content (AvgIpc) is 2.47. The molecule has 7 nitrogen and oxygen atoms in total. The molecule has 1 aromatic rings. The first-order valence-corrected chi connectivity index (χ1v) is 6.87. The van der Waals surface area contributed by atoms with E-state index in [1.165, 1.54) is 12.1 Å². The third-order valence-electron chi connectivity index (χ3n) is 3.51. The van der Waals surface area contributed by atoms with Crippen LogP contribution in [-0.4, -0.2) is 41.1 Å². The highest BCUT2D eigenvalue weighted by atomic mass is 16.6. The van der Waals surface area contributed by atoms with Gasteiger partial charge in [0.2, 0.25) is 0 Å². The highest BCUT2D eigenvalue weighted by Gasteiger charge is 2.27. The minimum absolute atomic E-state index is 0.0228. The number of ether oxygens (including phenoxy) is 1. The first-order chi connectivity index (χ1) is 9.97. The van der Waals surface area contributed by atoms with E-state index in [0.29, 0.717) is 6.54 Å². The summed E-state index contributed by atoms with van der Waals surface area (Å²) >= 11 is 0. The quantitative estimate of drug-likeness (QED) is 0.679. The number of nitrogens with zero attached hydrogens (tertiary/aromatic N) is 2. The third-order valence-corrected chi connectivity index (χ3v) is 3.51. The van der Waals surface area contributed by atoms with Crippen LogP contribution in [0.4, 0.5) is 10.5 Å². The molecule has 1 saturated heterocycles. The lowest BCUT2D eigenvalue weighted by Crippen LogP contribution is -2.56. The van der Waals surface area contributed by atoms with Crippen molar-refractivity contribution < 1.29 is 14.5 Å². The number of non-ortho nitro benzene ring substituents is 1. The summed E-state index contributed by atoms with van der Waals surface area (Å²) in [7, 11) is 0. The van der Waals surface area contributed by atoms with Gasteiger partial charge in [0.15, 0.2) is 0 Å². The summed E-state index contributed by atoms with van der Waals surface area (Å²) in [6.07, 6.45) is -0.353. The summed E-state index contributed by atoms with van der Waals surface area (Å²) in [5, 5.41) is 13.9. The van der Waals surface area contributed by atoms with Crippen molar-refractivity contribution in [1.82, 2.24) is 10.2 Å². The normalized spacial score (nSPS) is 21.9. The molecule has 21 heavy (non-hydrogen) atoms. The van der Waals surface area contributed by atoms with Crippen molar-refractivity contribution in [2.24, 2.45) is 0 Å². The summed E-state index contributed by atoms with van der Waals surface area (Å²) < 4.78 is 5.28. The Balaban J connectivity index is 1.89. The van der Waals surface area contributed by atoms with Crippen molar-refractivity contribution in [3.8, 4) is 0 Å². The minimum atomic E-state index is -0.459. The number of nitro groups is 1. The molecule has 1 fully saturated rings. The van der Waals surface area contributed by atoms with Gasteiger partial charge < -0.3 is 15.0 Å².